The number of hydrogen-bond donors (Lipinski definition) is 2. The van der Waals surface area contributed by atoms with Crippen molar-refractivity contribution in [3.05, 3.63) is 29.0 Å². The van der Waals surface area contributed by atoms with E-state index in [-0.39, 0.29) is 37.1 Å². The van der Waals surface area contributed by atoms with Crippen LogP contribution in [0.25, 0.3) is 10.8 Å². The van der Waals surface area contributed by atoms with Crippen LogP contribution in [-0.2, 0) is 16.0 Å². The number of aromatic nitrogens is 1. The van der Waals surface area contributed by atoms with Gasteiger partial charge in [0.15, 0.2) is 10.8 Å². The number of aryl methyl sites for hydroxylation is 1. The Kier molecular flexibility index (Phi) is 11.7. The average molecular weight is 396 g/mol. The van der Waals surface area contributed by atoms with Crippen molar-refractivity contribution in [2.45, 2.75) is 13.3 Å². The molecule has 6 nitrogen and oxygen atoms in total. The molecule has 24 heavy (non-hydrogen) atoms. The lowest BCUT2D eigenvalue weighted by atomic mass is 10.3. The standard InChI is InChI=1S/C15H21N3O3S.2ClH/c1-11-3-4-13(21-11)15-18-12(10-22-15)9-14(19)17-6-5-16-7-8-20-2;;/h3-4,10,16H,5-9H2,1-2H3,(H,17,19);2*1H. The van der Waals surface area contributed by atoms with Gasteiger partial charge in [0.2, 0.25) is 5.91 Å². The van der Waals surface area contributed by atoms with Crippen LogP contribution >= 0.6 is 36.2 Å². The molecule has 0 aliphatic heterocycles. The lowest BCUT2D eigenvalue weighted by molar-refractivity contribution is -0.120. The molecule has 0 unspecified atom stereocenters. The van der Waals surface area contributed by atoms with Crippen LogP contribution in [0.2, 0.25) is 0 Å². The number of amides is 1. The van der Waals surface area contributed by atoms with Crippen LogP contribution < -0.4 is 10.6 Å². The molecule has 0 aromatic carbocycles. The summed E-state index contributed by atoms with van der Waals surface area (Å²) < 4.78 is 10.5. The fourth-order valence-electron chi connectivity index (χ4n) is 1.87. The van der Waals surface area contributed by atoms with Crippen molar-refractivity contribution in [2.75, 3.05) is 33.4 Å². The smallest absolute Gasteiger partial charge is 0.226 e. The molecule has 0 spiro atoms. The number of ether oxygens (including phenoxy) is 1. The van der Waals surface area contributed by atoms with Gasteiger partial charge in [0.05, 0.1) is 18.7 Å². The Morgan fingerprint density at radius 1 is 1.29 bits per heavy atom. The summed E-state index contributed by atoms with van der Waals surface area (Å²) >= 11 is 1.48. The van der Waals surface area contributed by atoms with Gasteiger partial charge in [0.1, 0.15) is 5.76 Å². The van der Waals surface area contributed by atoms with Gasteiger partial charge in [-0.3, -0.25) is 4.79 Å². The van der Waals surface area contributed by atoms with Crippen LogP contribution in [0.5, 0.6) is 0 Å². The highest BCUT2D eigenvalue weighted by atomic mass is 35.5. The van der Waals surface area contributed by atoms with E-state index >= 15 is 0 Å². The van der Waals surface area contributed by atoms with Gasteiger partial charge in [-0.25, -0.2) is 4.98 Å². The molecule has 0 saturated heterocycles. The highest BCUT2D eigenvalue weighted by Gasteiger charge is 2.10. The number of rotatable bonds is 9. The molecule has 2 aromatic rings. The van der Waals surface area contributed by atoms with Crippen molar-refractivity contribution in [1.82, 2.24) is 15.6 Å². The minimum Gasteiger partial charge on any atom is -0.459 e. The van der Waals surface area contributed by atoms with Crippen molar-refractivity contribution in [2.24, 2.45) is 0 Å². The van der Waals surface area contributed by atoms with Crippen LogP contribution in [-0.4, -0.2) is 44.2 Å². The minimum atomic E-state index is -0.0268. The van der Waals surface area contributed by atoms with E-state index in [2.05, 4.69) is 15.6 Å². The summed E-state index contributed by atoms with van der Waals surface area (Å²) in [5.41, 5.74) is 0.763. The maximum absolute atomic E-state index is 11.8. The minimum absolute atomic E-state index is 0. The molecule has 2 aromatic heterocycles. The number of halogens is 2. The van der Waals surface area contributed by atoms with E-state index in [1.165, 1.54) is 11.3 Å². The number of nitrogens with zero attached hydrogens (tertiary/aromatic N) is 1. The summed E-state index contributed by atoms with van der Waals surface area (Å²) in [4.78, 5) is 16.3. The number of methoxy groups -OCH3 is 1. The SMILES string of the molecule is COCCNCCNC(=O)Cc1csc(-c2ccc(C)o2)n1.Cl.Cl. The topological polar surface area (TPSA) is 76.4 Å². The van der Waals surface area contributed by atoms with E-state index in [9.17, 15) is 4.79 Å². The highest BCUT2D eigenvalue weighted by molar-refractivity contribution is 7.13. The molecule has 1 amide bonds. The molecule has 2 heterocycles. The zero-order chi connectivity index (χ0) is 15.8. The second-order valence-electron chi connectivity index (χ2n) is 4.82. The van der Waals surface area contributed by atoms with Gasteiger partial charge in [-0.2, -0.15) is 0 Å². The average Bonchev–Trinajstić information content (AvgIpc) is 3.11. The summed E-state index contributed by atoms with van der Waals surface area (Å²) in [6.07, 6.45) is 0.286. The molecule has 136 valence electrons. The lowest BCUT2D eigenvalue weighted by Gasteiger charge is -2.05. The zero-order valence-electron chi connectivity index (χ0n) is 13.7. The van der Waals surface area contributed by atoms with Gasteiger partial charge in [-0.15, -0.1) is 36.2 Å². The monoisotopic (exact) mass is 395 g/mol. The van der Waals surface area contributed by atoms with Crippen LogP contribution in [0.3, 0.4) is 0 Å². The van der Waals surface area contributed by atoms with E-state index in [0.29, 0.717) is 13.2 Å². The van der Waals surface area contributed by atoms with Crippen LogP contribution in [0.1, 0.15) is 11.5 Å². The molecule has 0 atom stereocenters. The first-order valence-corrected chi connectivity index (χ1v) is 8.04. The number of hydrogen-bond acceptors (Lipinski definition) is 6. The normalized spacial score (nSPS) is 9.92. The summed E-state index contributed by atoms with van der Waals surface area (Å²) in [5, 5.41) is 8.72. The van der Waals surface area contributed by atoms with Gasteiger partial charge in [-0.1, -0.05) is 0 Å². The van der Waals surface area contributed by atoms with Crippen molar-refractivity contribution >= 4 is 42.1 Å². The van der Waals surface area contributed by atoms with Crippen molar-refractivity contribution in [3.63, 3.8) is 0 Å². The Morgan fingerprint density at radius 3 is 2.75 bits per heavy atom. The Hall–Kier alpha value is -1.12. The molecule has 0 aliphatic rings. The predicted molar refractivity (Wildman–Crippen MR) is 101 cm³/mol. The maximum atomic E-state index is 11.8. The third kappa shape index (κ3) is 7.63. The molecule has 0 saturated carbocycles. The van der Waals surface area contributed by atoms with E-state index < -0.39 is 0 Å². The van der Waals surface area contributed by atoms with Crippen LogP contribution in [0.4, 0.5) is 0 Å². The van der Waals surface area contributed by atoms with Gasteiger partial charge in [-0.05, 0) is 19.1 Å². The Labute approximate surface area is 158 Å². The molecule has 0 aliphatic carbocycles. The van der Waals surface area contributed by atoms with Crippen LogP contribution in [0, 0.1) is 6.92 Å². The summed E-state index contributed by atoms with van der Waals surface area (Å²) in [6.45, 7) is 4.67. The first kappa shape index (κ1) is 22.9. The predicted octanol–water partition coefficient (Wildman–Crippen LogP) is 2.45. The Morgan fingerprint density at radius 2 is 2.08 bits per heavy atom. The van der Waals surface area contributed by atoms with Crippen molar-refractivity contribution in [3.8, 4) is 10.8 Å². The van der Waals surface area contributed by atoms with Gasteiger partial charge in [0.25, 0.3) is 0 Å². The zero-order valence-corrected chi connectivity index (χ0v) is 16.1. The van der Waals surface area contributed by atoms with Gasteiger partial charge in [0, 0.05) is 32.1 Å². The molecule has 9 heteroatoms. The molecular weight excluding hydrogens is 373 g/mol. The van der Waals surface area contributed by atoms with Crippen LogP contribution in [0.15, 0.2) is 21.9 Å². The first-order valence-electron chi connectivity index (χ1n) is 7.16. The molecule has 0 fully saturated rings. The van der Waals surface area contributed by atoms with E-state index in [4.69, 9.17) is 9.15 Å². The number of carbonyl (C=O) groups is 1. The molecule has 2 rings (SSSR count). The summed E-state index contributed by atoms with van der Waals surface area (Å²) in [5.74, 6) is 1.57. The Balaban J connectivity index is 0.00000264. The maximum Gasteiger partial charge on any atom is 0.226 e. The number of furan rings is 1. The lowest BCUT2D eigenvalue weighted by Crippen LogP contribution is -2.33. The second kappa shape index (κ2) is 12.3. The molecule has 2 N–H and O–H groups in total. The largest absolute Gasteiger partial charge is 0.459 e. The third-order valence-electron chi connectivity index (χ3n) is 2.95. The second-order valence-corrected chi connectivity index (χ2v) is 5.68. The highest BCUT2D eigenvalue weighted by Crippen LogP contribution is 2.25. The Bertz CT molecular complexity index is 604. The molecular formula is C15H23Cl2N3O3S. The van der Waals surface area contributed by atoms with E-state index in [1.807, 2.05) is 24.4 Å². The molecule has 0 radical (unpaired) electrons. The summed E-state index contributed by atoms with van der Waals surface area (Å²) in [6, 6.07) is 3.80. The fourth-order valence-corrected chi connectivity index (χ4v) is 2.65. The fraction of sp³-hybridized carbons (Fsp3) is 0.467. The molecule has 0 bridgehead atoms. The van der Waals surface area contributed by atoms with Gasteiger partial charge < -0.3 is 19.8 Å². The van der Waals surface area contributed by atoms with E-state index in [0.717, 1.165) is 35.3 Å². The van der Waals surface area contributed by atoms with E-state index in [1.54, 1.807) is 7.11 Å². The van der Waals surface area contributed by atoms with Crippen molar-refractivity contribution < 1.29 is 13.9 Å². The van der Waals surface area contributed by atoms with Gasteiger partial charge >= 0.3 is 0 Å². The first-order chi connectivity index (χ1) is 10.7. The number of carbonyl (C=O) groups excluding carboxylic acids is 1. The number of nitrogens with one attached hydrogen (secondary N) is 2. The third-order valence-corrected chi connectivity index (χ3v) is 3.86. The number of thiazole rings is 1. The summed E-state index contributed by atoms with van der Waals surface area (Å²) in [7, 11) is 1.66. The van der Waals surface area contributed by atoms with Crippen molar-refractivity contribution in [1.29, 1.82) is 0 Å². The quantitative estimate of drug-likeness (QED) is 0.637.